The molecule has 7 heteroatoms. The molecule has 3 aromatic rings. The number of hydrogen-bond acceptors (Lipinski definition) is 1. The van der Waals surface area contributed by atoms with Crippen molar-refractivity contribution in [2.24, 2.45) is 0 Å². The number of imidazole rings is 1. The van der Waals surface area contributed by atoms with Gasteiger partial charge in [-0.25, -0.2) is 4.98 Å². The molecule has 0 spiro atoms. The summed E-state index contributed by atoms with van der Waals surface area (Å²) >= 11 is 5.38. The van der Waals surface area contributed by atoms with Crippen molar-refractivity contribution in [2.75, 3.05) is 0 Å². The number of halogens is 5. The molecule has 0 aliphatic rings. The van der Waals surface area contributed by atoms with Gasteiger partial charge >= 0.3 is 6.18 Å². The molecular weight excluding hydrogens is 460 g/mol. The monoisotopic (exact) mass is 466 g/mol. The zero-order chi connectivity index (χ0) is 15.2. The molecule has 2 nitrogen and oxygen atoms in total. The van der Waals surface area contributed by atoms with E-state index in [4.69, 9.17) is 0 Å². The van der Waals surface area contributed by atoms with Crippen molar-refractivity contribution in [3.63, 3.8) is 0 Å². The largest absolute Gasteiger partial charge is 0.417 e. The molecule has 0 atom stereocenters. The van der Waals surface area contributed by atoms with Crippen LogP contribution in [0.15, 0.2) is 47.1 Å². The van der Waals surface area contributed by atoms with Crippen LogP contribution in [0.5, 0.6) is 0 Å². The smallest absolute Gasteiger partial charge is 0.293 e. The second kappa shape index (κ2) is 5.28. The summed E-state index contributed by atoms with van der Waals surface area (Å²) in [6, 6.07) is 9.09. The summed E-state index contributed by atoms with van der Waals surface area (Å²) in [4.78, 5) is 4.36. The number of fused-ring (bicyclic) bond motifs is 1. The predicted molar refractivity (Wildman–Crippen MR) is 86.0 cm³/mol. The summed E-state index contributed by atoms with van der Waals surface area (Å²) in [7, 11) is 0. The zero-order valence-electron chi connectivity index (χ0n) is 10.3. The van der Waals surface area contributed by atoms with Gasteiger partial charge in [0.05, 0.1) is 10.0 Å². The molecule has 108 valence electrons. The highest BCUT2D eigenvalue weighted by Gasteiger charge is 2.34. The molecule has 0 radical (unpaired) electrons. The maximum Gasteiger partial charge on any atom is 0.417 e. The van der Waals surface area contributed by atoms with Gasteiger partial charge in [0.1, 0.15) is 9.39 Å². The Balaban J connectivity index is 2.32. The highest BCUT2D eigenvalue weighted by molar-refractivity contribution is 14.1. The van der Waals surface area contributed by atoms with Crippen molar-refractivity contribution >= 4 is 44.2 Å². The molecule has 0 amide bonds. The molecule has 0 saturated carbocycles. The fourth-order valence-electron chi connectivity index (χ4n) is 2.11. The van der Waals surface area contributed by atoms with Gasteiger partial charge in [-0.3, -0.25) is 4.40 Å². The first-order valence-electron chi connectivity index (χ1n) is 5.88. The molecule has 0 aliphatic heterocycles. The molecular formula is C14H7BrF3IN2. The summed E-state index contributed by atoms with van der Waals surface area (Å²) in [5.41, 5.74) is 0.330. The van der Waals surface area contributed by atoms with Gasteiger partial charge in [-0.2, -0.15) is 13.2 Å². The number of rotatable bonds is 1. The number of hydrogen-bond donors (Lipinski definition) is 0. The second-order valence-electron chi connectivity index (χ2n) is 4.34. The van der Waals surface area contributed by atoms with Crippen LogP contribution >= 0.6 is 38.5 Å². The molecule has 0 bridgehead atoms. The number of alkyl halides is 3. The fourth-order valence-corrected chi connectivity index (χ4v) is 3.35. The summed E-state index contributed by atoms with van der Waals surface area (Å²) in [5.74, 6) is 0. The third-order valence-corrected chi connectivity index (χ3v) is 4.68. The van der Waals surface area contributed by atoms with Crippen LogP contribution in [0.4, 0.5) is 13.2 Å². The maximum absolute atomic E-state index is 13.2. The van der Waals surface area contributed by atoms with Crippen LogP contribution in [-0.4, -0.2) is 9.38 Å². The van der Waals surface area contributed by atoms with Crippen molar-refractivity contribution in [1.82, 2.24) is 9.38 Å². The summed E-state index contributed by atoms with van der Waals surface area (Å²) in [6.07, 6.45) is -2.64. The Morgan fingerprint density at radius 1 is 1.10 bits per heavy atom. The lowest BCUT2D eigenvalue weighted by atomic mass is 10.0. The molecule has 0 aliphatic carbocycles. The van der Waals surface area contributed by atoms with Gasteiger partial charge in [0.25, 0.3) is 0 Å². The zero-order valence-corrected chi connectivity index (χ0v) is 14.1. The predicted octanol–water partition coefficient (Wildman–Crippen LogP) is 5.39. The van der Waals surface area contributed by atoms with Crippen LogP contribution in [-0.2, 0) is 6.18 Å². The van der Waals surface area contributed by atoms with E-state index >= 15 is 0 Å². The van der Waals surface area contributed by atoms with Gasteiger partial charge in [-0.05, 0) is 56.7 Å². The Bertz CT molecular complexity index is 827. The summed E-state index contributed by atoms with van der Waals surface area (Å²) < 4.78 is 42.6. The van der Waals surface area contributed by atoms with Crippen LogP contribution < -0.4 is 0 Å². The molecule has 2 aromatic heterocycles. The Labute approximate surface area is 140 Å². The first kappa shape index (κ1) is 14.8. The van der Waals surface area contributed by atoms with Crippen molar-refractivity contribution in [3.05, 3.63) is 56.3 Å². The average molecular weight is 467 g/mol. The van der Waals surface area contributed by atoms with Crippen molar-refractivity contribution < 1.29 is 13.2 Å². The number of aromatic nitrogens is 2. The quantitative estimate of drug-likeness (QED) is 0.440. The first-order valence-corrected chi connectivity index (χ1v) is 7.75. The molecule has 2 heterocycles. The Kier molecular flexibility index (Phi) is 3.73. The molecule has 21 heavy (non-hydrogen) atoms. The van der Waals surface area contributed by atoms with Crippen LogP contribution in [0.3, 0.4) is 0 Å². The Hall–Kier alpha value is -1.09. The third-order valence-electron chi connectivity index (χ3n) is 3.03. The topological polar surface area (TPSA) is 17.3 Å². The van der Waals surface area contributed by atoms with Crippen molar-refractivity contribution in [1.29, 1.82) is 0 Å². The number of pyridine rings is 1. The van der Waals surface area contributed by atoms with E-state index in [0.717, 1.165) is 10.5 Å². The van der Waals surface area contributed by atoms with Gasteiger partial charge < -0.3 is 0 Å². The van der Waals surface area contributed by atoms with E-state index in [1.54, 1.807) is 28.8 Å². The summed E-state index contributed by atoms with van der Waals surface area (Å²) in [6.45, 7) is 0. The van der Waals surface area contributed by atoms with Gasteiger partial charge in [0.15, 0.2) is 5.65 Å². The fraction of sp³-hybridized carbons (Fsp3) is 0.0714. The molecule has 0 unspecified atom stereocenters. The number of nitrogens with zero attached hydrogens (tertiary/aromatic N) is 2. The lowest BCUT2D eigenvalue weighted by molar-refractivity contribution is -0.137. The van der Waals surface area contributed by atoms with E-state index < -0.39 is 11.7 Å². The lowest BCUT2D eigenvalue weighted by Crippen LogP contribution is -2.07. The average Bonchev–Trinajstić information content (AvgIpc) is 2.77. The molecule has 3 rings (SSSR count). The van der Waals surface area contributed by atoms with E-state index in [-0.39, 0.29) is 5.56 Å². The lowest BCUT2D eigenvalue weighted by Gasteiger charge is -2.11. The molecule has 0 N–H and O–H groups in total. The van der Waals surface area contributed by atoms with Gasteiger partial charge in [0, 0.05) is 11.8 Å². The highest BCUT2D eigenvalue weighted by atomic mass is 127. The standard InChI is InChI=1S/C14H7BrF3IN2/c15-10-6-3-7-21-12(19)11(20-13(10)21)8-4-1-2-5-9(8)14(16,17)18/h1-7H. The normalized spacial score (nSPS) is 12.0. The second-order valence-corrected chi connectivity index (χ2v) is 6.22. The van der Waals surface area contributed by atoms with E-state index in [0.29, 0.717) is 15.0 Å². The highest BCUT2D eigenvalue weighted by Crippen LogP contribution is 2.38. The van der Waals surface area contributed by atoms with Crippen LogP contribution in [0, 0.1) is 3.70 Å². The minimum Gasteiger partial charge on any atom is -0.293 e. The minimum atomic E-state index is -4.41. The molecule has 0 saturated heterocycles. The van der Waals surface area contributed by atoms with Crippen molar-refractivity contribution in [2.45, 2.75) is 6.18 Å². The molecule has 1 aromatic carbocycles. The van der Waals surface area contributed by atoms with Crippen LogP contribution in [0.1, 0.15) is 5.56 Å². The Morgan fingerprint density at radius 2 is 1.81 bits per heavy atom. The van der Waals surface area contributed by atoms with Gasteiger partial charge in [0.2, 0.25) is 0 Å². The first-order chi connectivity index (χ1) is 9.89. The Morgan fingerprint density at radius 3 is 2.48 bits per heavy atom. The van der Waals surface area contributed by atoms with Gasteiger partial charge in [-0.1, -0.05) is 18.2 Å². The number of benzene rings is 1. The van der Waals surface area contributed by atoms with Gasteiger partial charge in [-0.15, -0.1) is 0 Å². The van der Waals surface area contributed by atoms with Crippen LogP contribution in [0.25, 0.3) is 16.9 Å². The van der Waals surface area contributed by atoms with Crippen LogP contribution in [0.2, 0.25) is 0 Å². The summed E-state index contributed by atoms with van der Waals surface area (Å²) in [5, 5.41) is 0. The van der Waals surface area contributed by atoms with E-state index in [2.05, 4.69) is 20.9 Å². The van der Waals surface area contributed by atoms with E-state index in [9.17, 15) is 13.2 Å². The SMILES string of the molecule is FC(F)(F)c1ccccc1-c1nc2c(Br)cccn2c1I. The third kappa shape index (κ3) is 2.57. The maximum atomic E-state index is 13.2. The van der Waals surface area contributed by atoms with E-state index in [1.165, 1.54) is 12.1 Å². The van der Waals surface area contributed by atoms with Crippen molar-refractivity contribution in [3.8, 4) is 11.3 Å². The van der Waals surface area contributed by atoms with E-state index in [1.807, 2.05) is 22.6 Å². The minimum absolute atomic E-state index is 0.0880. The molecule has 0 fully saturated rings.